The van der Waals surface area contributed by atoms with Crippen molar-refractivity contribution in [1.29, 1.82) is 0 Å². The molecule has 0 saturated carbocycles. The zero-order valence-corrected chi connectivity index (χ0v) is 11.9. The standard InChI is InChI=1S/C15H16ClN3O/c1-10-5-6-13(14(7-10)19-17)15(20)18-9-11-3-2-4-12(16)8-11/h2-8,19H,9,17H2,1H3,(H,18,20). The molecule has 20 heavy (non-hydrogen) atoms. The molecule has 2 rings (SSSR count). The highest BCUT2D eigenvalue weighted by Gasteiger charge is 2.10. The molecule has 4 nitrogen and oxygen atoms in total. The molecule has 2 aromatic carbocycles. The SMILES string of the molecule is Cc1ccc(C(=O)NCc2cccc(Cl)c2)c(NN)c1. The number of hydrogen-bond donors (Lipinski definition) is 3. The molecule has 4 N–H and O–H groups in total. The first-order valence-electron chi connectivity index (χ1n) is 6.20. The van der Waals surface area contributed by atoms with E-state index in [1.165, 1.54) is 0 Å². The average molecular weight is 290 g/mol. The molecule has 0 aliphatic carbocycles. The Labute approximate surface area is 122 Å². The number of rotatable bonds is 4. The van der Waals surface area contributed by atoms with Crippen LogP contribution in [-0.4, -0.2) is 5.91 Å². The van der Waals surface area contributed by atoms with E-state index in [0.29, 0.717) is 22.8 Å². The molecule has 1 amide bonds. The van der Waals surface area contributed by atoms with Crippen molar-refractivity contribution in [3.8, 4) is 0 Å². The third kappa shape index (κ3) is 3.50. The van der Waals surface area contributed by atoms with Crippen LogP contribution in [0.1, 0.15) is 21.5 Å². The van der Waals surface area contributed by atoms with Crippen LogP contribution in [0.25, 0.3) is 0 Å². The van der Waals surface area contributed by atoms with Gasteiger partial charge >= 0.3 is 0 Å². The molecule has 0 saturated heterocycles. The Kier molecular flexibility index (Phi) is 4.61. The normalized spacial score (nSPS) is 10.2. The molecule has 0 radical (unpaired) electrons. The fourth-order valence-electron chi connectivity index (χ4n) is 1.90. The van der Waals surface area contributed by atoms with Crippen LogP contribution in [0.2, 0.25) is 5.02 Å². The van der Waals surface area contributed by atoms with E-state index in [1.807, 2.05) is 37.3 Å². The molecular formula is C15H16ClN3O. The second-order valence-electron chi connectivity index (χ2n) is 4.51. The lowest BCUT2D eigenvalue weighted by atomic mass is 10.1. The minimum Gasteiger partial charge on any atom is -0.348 e. The monoisotopic (exact) mass is 289 g/mol. The van der Waals surface area contributed by atoms with Gasteiger partial charge in [-0.25, -0.2) is 0 Å². The molecule has 0 fully saturated rings. The van der Waals surface area contributed by atoms with Crippen molar-refractivity contribution in [2.24, 2.45) is 5.84 Å². The summed E-state index contributed by atoms with van der Waals surface area (Å²) in [6.07, 6.45) is 0. The Bertz CT molecular complexity index is 628. The Balaban J connectivity index is 2.09. The summed E-state index contributed by atoms with van der Waals surface area (Å²) in [4.78, 5) is 12.2. The first kappa shape index (κ1) is 14.4. The summed E-state index contributed by atoms with van der Waals surface area (Å²) in [6, 6.07) is 12.8. The van der Waals surface area contributed by atoms with Crippen molar-refractivity contribution < 1.29 is 4.79 Å². The molecule has 0 heterocycles. The predicted octanol–water partition coefficient (Wildman–Crippen LogP) is 2.86. The molecule has 0 aromatic heterocycles. The summed E-state index contributed by atoms with van der Waals surface area (Å²) in [5.41, 5.74) is 5.64. The van der Waals surface area contributed by atoms with E-state index in [4.69, 9.17) is 17.4 Å². The number of nitrogens with one attached hydrogen (secondary N) is 2. The van der Waals surface area contributed by atoms with Gasteiger partial charge in [-0.3, -0.25) is 10.6 Å². The van der Waals surface area contributed by atoms with Gasteiger partial charge in [-0.1, -0.05) is 29.8 Å². The summed E-state index contributed by atoms with van der Waals surface area (Å²) in [6.45, 7) is 2.35. The van der Waals surface area contributed by atoms with Gasteiger partial charge in [-0.05, 0) is 42.3 Å². The van der Waals surface area contributed by atoms with Gasteiger partial charge in [-0.2, -0.15) is 0 Å². The minimum atomic E-state index is -0.182. The van der Waals surface area contributed by atoms with E-state index >= 15 is 0 Å². The minimum absolute atomic E-state index is 0.182. The zero-order valence-electron chi connectivity index (χ0n) is 11.1. The van der Waals surface area contributed by atoms with E-state index in [1.54, 1.807) is 12.1 Å². The Morgan fingerprint density at radius 3 is 2.75 bits per heavy atom. The van der Waals surface area contributed by atoms with Crippen LogP contribution in [0.3, 0.4) is 0 Å². The Morgan fingerprint density at radius 2 is 2.05 bits per heavy atom. The van der Waals surface area contributed by atoms with Gasteiger partial charge in [0.2, 0.25) is 0 Å². The van der Waals surface area contributed by atoms with Crippen molar-refractivity contribution >= 4 is 23.2 Å². The molecule has 104 valence electrons. The van der Waals surface area contributed by atoms with Crippen LogP contribution < -0.4 is 16.6 Å². The number of aryl methyl sites for hydroxylation is 1. The van der Waals surface area contributed by atoms with Crippen LogP contribution in [-0.2, 0) is 6.54 Å². The van der Waals surface area contributed by atoms with Crippen LogP contribution in [0.4, 0.5) is 5.69 Å². The van der Waals surface area contributed by atoms with Crippen LogP contribution in [0.5, 0.6) is 0 Å². The van der Waals surface area contributed by atoms with E-state index in [-0.39, 0.29) is 5.91 Å². The fourth-order valence-corrected chi connectivity index (χ4v) is 2.11. The second-order valence-corrected chi connectivity index (χ2v) is 4.94. The molecule has 5 heteroatoms. The van der Waals surface area contributed by atoms with Gasteiger partial charge in [0.05, 0.1) is 11.3 Å². The first-order chi connectivity index (χ1) is 9.60. The van der Waals surface area contributed by atoms with E-state index < -0.39 is 0 Å². The molecule has 0 spiro atoms. The number of carbonyl (C=O) groups is 1. The van der Waals surface area contributed by atoms with Gasteiger partial charge in [0, 0.05) is 11.6 Å². The van der Waals surface area contributed by atoms with Crippen molar-refractivity contribution in [2.75, 3.05) is 5.43 Å². The third-order valence-corrected chi connectivity index (χ3v) is 3.15. The molecule has 0 unspecified atom stereocenters. The van der Waals surface area contributed by atoms with Crippen LogP contribution in [0.15, 0.2) is 42.5 Å². The second kappa shape index (κ2) is 6.41. The smallest absolute Gasteiger partial charge is 0.253 e. The summed E-state index contributed by atoms with van der Waals surface area (Å²) in [5.74, 6) is 5.25. The van der Waals surface area contributed by atoms with Crippen molar-refractivity contribution in [1.82, 2.24) is 5.32 Å². The number of hydrogen-bond acceptors (Lipinski definition) is 3. The van der Waals surface area contributed by atoms with Crippen LogP contribution >= 0.6 is 11.6 Å². The van der Waals surface area contributed by atoms with Crippen molar-refractivity contribution in [3.63, 3.8) is 0 Å². The third-order valence-electron chi connectivity index (χ3n) is 2.92. The van der Waals surface area contributed by atoms with Crippen LogP contribution in [0, 0.1) is 6.92 Å². The Hall–Kier alpha value is -2.04. The van der Waals surface area contributed by atoms with Crippen molar-refractivity contribution in [2.45, 2.75) is 13.5 Å². The first-order valence-corrected chi connectivity index (χ1v) is 6.58. The largest absolute Gasteiger partial charge is 0.348 e. The van der Waals surface area contributed by atoms with Gasteiger partial charge in [0.25, 0.3) is 5.91 Å². The molecule has 0 aliphatic rings. The number of halogens is 1. The number of amides is 1. The lowest BCUT2D eigenvalue weighted by molar-refractivity contribution is 0.0951. The quantitative estimate of drug-likeness (QED) is 0.599. The summed E-state index contributed by atoms with van der Waals surface area (Å²) < 4.78 is 0. The summed E-state index contributed by atoms with van der Waals surface area (Å²) in [5, 5.41) is 3.49. The highest BCUT2D eigenvalue weighted by molar-refractivity contribution is 6.30. The Morgan fingerprint density at radius 1 is 1.25 bits per heavy atom. The van der Waals surface area contributed by atoms with Gasteiger partial charge in [0.1, 0.15) is 0 Å². The van der Waals surface area contributed by atoms with Gasteiger partial charge in [-0.15, -0.1) is 0 Å². The van der Waals surface area contributed by atoms with E-state index in [9.17, 15) is 4.79 Å². The maximum absolute atomic E-state index is 12.2. The number of benzene rings is 2. The number of anilines is 1. The molecule has 0 atom stereocenters. The molecule has 2 aromatic rings. The fraction of sp³-hybridized carbons (Fsp3) is 0.133. The molecular weight excluding hydrogens is 274 g/mol. The predicted molar refractivity (Wildman–Crippen MR) is 81.6 cm³/mol. The van der Waals surface area contributed by atoms with Gasteiger partial charge < -0.3 is 10.7 Å². The topological polar surface area (TPSA) is 67.2 Å². The number of nitrogens with two attached hydrogens (primary N) is 1. The lowest BCUT2D eigenvalue weighted by Gasteiger charge is -2.10. The number of nitrogen functional groups attached to an aromatic ring is 1. The number of hydrazine groups is 1. The van der Waals surface area contributed by atoms with E-state index in [0.717, 1.165) is 11.1 Å². The molecule has 0 aliphatic heterocycles. The zero-order chi connectivity index (χ0) is 14.5. The molecule has 0 bridgehead atoms. The average Bonchev–Trinajstić information content (AvgIpc) is 2.44. The maximum atomic E-state index is 12.2. The highest BCUT2D eigenvalue weighted by atomic mass is 35.5. The highest BCUT2D eigenvalue weighted by Crippen LogP contribution is 2.17. The van der Waals surface area contributed by atoms with Gasteiger partial charge in [0.15, 0.2) is 0 Å². The number of carbonyl (C=O) groups excluding carboxylic acids is 1. The van der Waals surface area contributed by atoms with E-state index in [2.05, 4.69) is 10.7 Å². The maximum Gasteiger partial charge on any atom is 0.253 e. The summed E-state index contributed by atoms with van der Waals surface area (Å²) >= 11 is 5.90. The van der Waals surface area contributed by atoms with Crippen molar-refractivity contribution in [3.05, 3.63) is 64.2 Å². The summed E-state index contributed by atoms with van der Waals surface area (Å²) in [7, 11) is 0. The lowest BCUT2D eigenvalue weighted by Crippen LogP contribution is -2.24.